The van der Waals surface area contributed by atoms with Crippen molar-refractivity contribution >= 4 is 43.0 Å². The number of benzene rings is 3. The zero-order valence-corrected chi connectivity index (χ0v) is 20.3. The molecule has 1 aromatic heterocycles. The van der Waals surface area contributed by atoms with Crippen LogP contribution in [0.5, 0.6) is 5.75 Å². The van der Waals surface area contributed by atoms with E-state index < -0.39 is 10.0 Å². The number of methoxy groups -OCH3 is 1. The molecular weight excluding hydrogens is 510 g/mol. The summed E-state index contributed by atoms with van der Waals surface area (Å²) in [6.07, 6.45) is 0. The lowest BCUT2D eigenvalue weighted by atomic mass is 10.1. The maximum Gasteiger partial charge on any atom is 0.238 e. The Morgan fingerprint density at radius 1 is 1.06 bits per heavy atom. The van der Waals surface area contributed by atoms with E-state index in [0.29, 0.717) is 6.54 Å². The van der Waals surface area contributed by atoms with Crippen molar-refractivity contribution in [2.45, 2.75) is 11.4 Å². The molecule has 3 aromatic carbocycles. The Bertz CT molecular complexity index is 1410. The first-order valence-corrected chi connectivity index (χ1v) is 12.8. The molecule has 0 aliphatic rings. The van der Waals surface area contributed by atoms with Crippen molar-refractivity contribution < 1.29 is 13.2 Å². The number of para-hydroxylation sites is 1. The van der Waals surface area contributed by atoms with Gasteiger partial charge in [-0.1, -0.05) is 30.3 Å². The number of sulfonamides is 1. The van der Waals surface area contributed by atoms with Crippen LogP contribution in [0.1, 0.15) is 5.56 Å². The third kappa shape index (κ3) is 5.02. The van der Waals surface area contributed by atoms with Gasteiger partial charge in [-0.2, -0.15) is 0 Å². The molecule has 4 rings (SSSR count). The van der Waals surface area contributed by atoms with E-state index in [9.17, 15) is 8.42 Å². The topological polar surface area (TPSA) is 86.7 Å². The first-order chi connectivity index (χ1) is 15.3. The number of nitrogens with two attached hydrogens (primary N) is 1. The Hall–Kier alpha value is -2.72. The first kappa shape index (κ1) is 22.5. The molecule has 0 aliphatic carbocycles. The molecule has 0 saturated heterocycles. The molecule has 6 nitrogen and oxygen atoms in total. The summed E-state index contributed by atoms with van der Waals surface area (Å²) < 4.78 is 31.5. The van der Waals surface area contributed by atoms with Gasteiger partial charge >= 0.3 is 0 Å². The molecule has 9 heteroatoms. The van der Waals surface area contributed by atoms with Crippen LogP contribution < -0.4 is 14.7 Å². The van der Waals surface area contributed by atoms with Gasteiger partial charge in [-0.3, -0.25) is 0 Å². The van der Waals surface area contributed by atoms with E-state index >= 15 is 0 Å². The second-order valence-corrected chi connectivity index (χ2v) is 10.2. The van der Waals surface area contributed by atoms with E-state index in [2.05, 4.69) is 25.9 Å². The Morgan fingerprint density at radius 3 is 2.41 bits per heavy atom. The minimum absolute atomic E-state index is 0.0880. The van der Waals surface area contributed by atoms with Crippen molar-refractivity contribution in [3.8, 4) is 17.0 Å². The van der Waals surface area contributed by atoms with Crippen LogP contribution in [-0.4, -0.2) is 20.1 Å². The van der Waals surface area contributed by atoms with Crippen LogP contribution in [0.15, 0.2) is 92.5 Å². The molecule has 0 bridgehead atoms. The second-order valence-electron chi connectivity index (χ2n) is 6.98. The van der Waals surface area contributed by atoms with Gasteiger partial charge in [-0.25, -0.2) is 18.5 Å². The monoisotopic (exact) mass is 529 g/mol. The number of rotatable bonds is 6. The van der Waals surface area contributed by atoms with Crippen molar-refractivity contribution in [3.05, 3.63) is 93.0 Å². The van der Waals surface area contributed by atoms with Gasteiger partial charge in [0.1, 0.15) is 5.75 Å². The van der Waals surface area contributed by atoms with Crippen LogP contribution >= 0.6 is 27.3 Å². The largest absolute Gasteiger partial charge is 0.496 e. The van der Waals surface area contributed by atoms with Crippen molar-refractivity contribution in [1.29, 1.82) is 0 Å². The van der Waals surface area contributed by atoms with Gasteiger partial charge in [-0.05, 0) is 64.0 Å². The molecule has 0 radical (unpaired) electrons. The third-order valence-electron chi connectivity index (χ3n) is 4.82. The number of hydrogen-bond donors (Lipinski definition) is 1. The zero-order valence-electron chi connectivity index (χ0n) is 17.1. The van der Waals surface area contributed by atoms with E-state index in [-0.39, 0.29) is 4.90 Å². The summed E-state index contributed by atoms with van der Waals surface area (Å²) in [7, 11) is -2.10. The molecule has 0 atom stereocenters. The highest BCUT2D eigenvalue weighted by molar-refractivity contribution is 9.10. The van der Waals surface area contributed by atoms with Crippen LogP contribution in [0.2, 0.25) is 0 Å². The minimum Gasteiger partial charge on any atom is -0.496 e. The van der Waals surface area contributed by atoms with Gasteiger partial charge in [0, 0.05) is 10.9 Å². The summed E-state index contributed by atoms with van der Waals surface area (Å²) in [4.78, 5) is 5.74. The fraction of sp³-hybridized carbons (Fsp3) is 0.0870. The predicted molar refractivity (Wildman–Crippen MR) is 131 cm³/mol. The number of primary sulfonamides is 1. The summed E-state index contributed by atoms with van der Waals surface area (Å²) in [5.41, 5.74) is 3.78. The summed E-state index contributed by atoms with van der Waals surface area (Å²) in [5, 5.41) is 7.29. The summed E-state index contributed by atoms with van der Waals surface area (Å²) in [6, 6.07) is 22.3. The van der Waals surface area contributed by atoms with E-state index in [0.717, 1.165) is 37.5 Å². The molecule has 1 heterocycles. The lowest BCUT2D eigenvalue weighted by Crippen LogP contribution is -2.17. The SMILES string of the molecule is COc1ccc(-c2csc(=Nc3ccccc3)n2Cc2ccc(S(N)(=O)=O)cc2)cc1Br. The molecule has 4 aromatic rings. The number of nitrogens with zero attached hydrogens (tertiary/aromatic N) is 2. The maximum absolute atomic E-state index is 11.6. The Labute approximate surface area is 198 Å². The molecule has 0 amide bonds. The van der Waals surface area contributed by atoms with Gasteiger partial charge in [0.2, 0.25) is 10.0 Å². The highest BCUT2D eigenvalue weighted by Crippen LogP contribution is 2.31. The molecule has 0 unspecified atom stereocenters. The highest BCUT2D eigenvalue weighted by atomic mass is 79.9. The van der Waals surface area contributed by atoms with Crippen LogP contribution in [0.4, 0.5) is 5.69 Å². The lowest BCUT2D eigenvalue weighted by Gasteiger charge is -2.11. The molecule has 164 valence electrons. The highest BCUT2D eigenvalue weighted by Gasteiger charge is 2.12. The Kier molecular flexibility index (Phi) is 6.61. The molecule has 0 aliphatic heterocycles. The van der Waals surface area contributed by atoms with E-state index in [4.69, 9.17) is 14.9 Å². The summed E-state index contributed by atoms with van der Waals surface area (Å²) >= 11 is 5.10. The van der Waals surface area contributed by atoms with Crippen LogP contribution in [0.3, 0.4) is 0 Å². The fourth-order valence-electron chi connectivity index (χ4n) is 3.21. The fourth-order valence-corrected chi connectivity index (χ4v) is 5.19. The van der Waals surface area contributed by atoms with Gasteiger partial charge in [-0.15, -0.1) is 11.3 Å². The predicted octanol–water partition coefficient (Wildman–Crippen LogP) is 4.92. The molecular formula is C23H20BrN3O3S2. The van der Waals surface area contributed by atoms with Gasteiger partial charge < -0.3 is 9.30 Å². The number of halogens is 1. The van der Waals surface area contributed by atoms with Gasteiger partial charge in [0.25, 0.3) is 0 Å². The first-order valence-electron chi connectivity index (χ1n) is 9.59. The molecule has 0 spiro atoms. The van der Waals surface area contributed by atoms with Crippen molar-refractivity contribution in [2.75, 3.05) is 7.11 Å². The van der Waals surface area contributed by atoms with Gasteiger partial charge in [0.15, 0.2) is 4.80 Å². The van der Waals surface area contributed by atoms with Crippen molar-refractivity contribution in [3.63, 3.8) is 0 Å². The Morgan fingerprint density at radius 2 is 1.78 bits per heavy atom. The van der Waals surface area contributed by atoms with E-state index in [1.165, 1.54) is 12.1 Å². The zero-order chi connectivity index (χ0) is 22.7. The van der Waals surface area contributed by atoms with Crippen molar-refractivity contribution in [2.24, 2.45) is 10.1 Å². The van der Waals surface area contributed by atoms with Crippen LogP contribution in [-0.2, 0) is 16.6 Å². The number of ether oxygens (including phenoxy) is 1. The number of thiazole rings is 1. The van der Waals surface area contributed by atoms with E-state index in [1.54, 1.807) is 30.6 Å². The maximum atomic E-state index is 11.6. The summed E-state index contributed by atoms with van der Waals surface area (Å²) in [6.45, 7) is 0.513. The molecule has 2 N–H and O–H groups in total. The Balaban J connectivity index is 1.81. The smallest absolute Gasteiger partial charge is 0.238 e. The van der Waals surface area contributed by atoms with E-state index in [1.807, 2.05) is 48.5 Å². The quantitative estimate of drug-likeness (QED) is 0.384. The van der Waals surface area contributed by atoms with Gasteiger partial charge in [0.05, 0.1) is 34.4 Å². The lowest BCUT2D eigenvalue weighted by molar-refractivity contribution is 0.412. The third-order valence-corrected chi connectivity index (χ3v) is 7.23. The van der Waals surface area contributed by atoms with Crippen molar-refractivity contribution in [1.82, 2.24) is 4.57 Å². The molecule has 0 fully saturated rings. The number of hydrogen-bond acceptors (Lipinski definition) is 5. The molecule has 0 saturated carbocycles. The average Bonchev–Trinajstić information content (AvgIpc) is 3.16. The number of aromatic nitrogens is 1. The normalized spacial score (nSPS) is 12.2. The van der Waals surface area contributed by atoms with Crippen LogP contribution in [0, 0.1) is 0 Å². The standard InChI is InChI=1S/C23H20BrN3O3S2/c1-30-22-12-9-17(13-20(22)24)21-15-31-23(26-18-5-3-2-4-6-18)27(21)14-16-7-10-19(11-8-16)32(25,28)29/h2-13,15H,14H2,1H3,(H2,25,28,29). The minimum atomic E-state index is -3.73. The molecule has 32 heavy (non-hydrogen) atoms. The summed E-state index contributed by atoms with van der Waals surface area (Å²) in [5.74, 6) is 0.753. The second kappa shape index (κ2) is 9.41. The average molecular weight is 530 g/mol. The van der Waals surface area contributed by atoms with Crippen LogP contribution in [0.25, 0.3) is 11.3 Å².